The minimum atomic E-state index is -4.24. The van der Waals surface area contributed by atoms with Crippen LogP contribution in [0.4, 0.5) is 8.78 Å². The van der Waals surface area contributed by atoms with E-state index in [-0.39, 0.29) is 17.7 Å². The Morgan fingerprint density at radius 1 is 1.03 bits per heavy atom. The monoisotopic (exact) mass is 570 g/mol. The number of alkyl halides is 2. The van der Waals surface area contributed by atoms with Crippen LogP contribution in [-0.4, -0.2) is 43.6 Å². The Balaban J connectivity index is 1.72. The van der Waals surface area contributed by atoms with Crippen LogP contribution in [0.1, 0.15) is 30.0 Å². The Morgan fingerprint density at radius 2 is 1.67 bits per heavy atom. The van der Waals surface area contributed by atoms with E-state index in [1.165, 1.54) is 18.3 Å². The number of carboxylic acid groups (broad SMARTS) is 1. The molecule has 8 nitrogen and oxygen atoms in total. The minimum Gasteiger partial charge on any atom is -0.481 e. The molecular weight excluding hydrogens is 553 g/mol. The molecule has 2 aromatic heterocycles. The molecule has 0 fully saturated rings. The maximum Gasteiger partial charge on any atom is 0.337 e. The SMILES string of the molecule is O=C(O)CC(F)(F)C(=O)N1N=C(c2c(-c3ccc(Cl)cc3)c3cccnc3[nH]c2=O)CC1c1ccc(Cl)cc1. The summed E-state index contributed by atoms with van der Waals surface area (Å²) in [6, 6.07) is 15.2. The van der Waals surface area contributed by atoms with E-state index in [9.17, 15) is 23.2 Å². The van der Waals surface area contributed by atoms with Crippen LogP contribution in [0.5, 0.6) is 0 Å². The molecule has 2 N–H and O–H groups in total. The smallest absolute Gasteiger partial charge is 0.337 e. The highest BCUT2D eigenvalue weighted by Crippen LogP contribution is 2.39. The summed E-state index contributed by atoms with van der Waals surface area (Å²) in [5.74, 6) is -7.89. The van der Waals surface area contributed by atoms with E-state index < -0.39 is 35.8 Å². The van der Waals surface area contributed by atoms with Gasteiger partial charge in [0, 0.05) is 33.6 Å². The number of amides is 1. The van der Waals surface area contributed by atoms with Crippen molar-refractivity contribution in [1.29, 1.82) is 0 Å². The molecule has 0 saturated carbocycles. The average Bonchev–Trinajstić information content (AvgIpc) is 3.32. The van der Waals surface area contributed by atoms with E-state index in [0.717, 1.165) is 0 Å². The second-order valence-corrected chi connectivity index (χ2v) is 9.73. The first-order chi connectivity index (χ1) is 18.5. The third kappa shape index (κ3) is 5.13. The third-order valence-corrected chi connectivity index (χ3v) is 6.77. The van der Waals surface area contributed by atoms with Crippen molar-refractivity contribution in [2.75, 3.05) is 0 Å². The lowest BCUT2D eigenvalue weighted by Crippen LogP contribution is -2.42. The number of nitrogens with one attached hydrogen (secondary N) is 1. The second kappa shape index (κ2) is 10.2. The van der Waals surface area contributed by atoms with Gasteiger partial charge in [0.25, 0.3) is 5.56 Å². The number of aromatic amines is 1. The number of pyridine rings is 2. The predicted molar refractivity (Wildman–Crippen MR) is 142 cm³/mol. The fraction of sp³-hybridized carbons (Fsp3) is 0.148. The first-order valence-corrected chi connectivity index (χ1v) is 12.3. The molecule has 0 aliphatic carbocycles. The van der Waals surface area contributed by atoms with Crippen LogP contribution in [0.3, 0.4) is 0 Å². The molecule has 4 aromatic rings. The molecule has 1 atom stereocenters. The highest BCUT2D eigenvalue weighted by atomic mass is 35.5. The van der Waals surface area contributed by atoms with Crippen LogP contribution in [0.2, 0.25) is 10.0 Å². The molecule has 1 aliphatic heterocycles. The summed E-state index contributed by atoms with van der Waals surface area (Å²) in [4.78, 5) is 44.4. The molecule has 12 heteroatoms. The normalized spacial score (nSPS) is 15.4. The molecule has 0 radical (unpaired) electrons. The highest BCUT2D eigenvalue weighted by Gasteiger charge is 2.49. The van der Waals surface area contributed by atoms with Gasteiger partial charge >= 0.3 is 17.8 Å². The number of fused-ring (bicyclic) bond motifs is 1. The maximum absolute atomic E-state index is 14.7. The van der Waals surface area contributed by atoms with E-state index in [0.29, 0.717) is 42.8 Å². The fourth-order valence-electron chi connectivity index (χ4n) is 4.54. The Labute approximate surface area is 229 Å². The number of hydrazone groups is 1. The van der Waals surface area contributed by atoms with E-state index >= 15 is 0 Å². The quantitative estimate of drug-likeness (QED) is 0.309. The number of hydrogen-bond acceptors (Lipinski definition) is 5. The Morgan fingerprint density at radius 3 is 2.31 bits per heavy atom. The predicted octanol–water partition coefficient (Wildman–Crippen LogP) is 5.68. The molecule has 5 rings (SSSR count). The molecule has 2 aromatic carbocycles. The van der Waals surface area contributed by atoms with E-state index in [1.54, 1.807) is 48.5 Å². The number of aliphatic carboxylic acids is 1. The Kier molecular flexibility index (Phi) is 6.92. The van der Waals surface area contributed by atoms with Gasteiger partial charge in [-0.05, 0) is 47.5 Å². The maximum atomic E-state index is 14.7. The number of aromatic nitrogens is 2. The van der Waals surface area contributed by atoms with Crippen molar-refractivity contribution in [3.05, 3.63) is 98.4 Å². The first-order valence-electron chi connectivity index (χ1n) is 11.6. The highest BCUT2D eigenvalue weighted by molar-refractivity contribution is 6.31. The number of rotatable bonds is 6. The van der Waals surface area contributed by atoms with Crippen LogP contribution in [0.15, 0.2) is 76.8 Å². The summed E-state index contributed by atoms with van der Waals surface area (Å²) in [5, 5.41) is 15.1. The summed E-state index contributed by atoms with van der Waals surface area (Å²) >= 11 is 12.1. The van der Waals surface area contributed by atoms with Crippen LogP contribution < -0.4 is 5.56 Å². The lowest BCUT2D eigenvalue weighted by molar-refractivity contribution is -0.167. The number of halogens is 4. The molecular formula is C27H18Cl2F2N4O4. The number of nitrogens with zero attached hydrogens (tertiary/aromatic N) is 3. The first kappa shape index (κ1) is 26.5. The summed E-state index contributed by atoms with van der Waals surface area (Å²) in [5.41, 5.74) is 1.27. The third-order valence-electron chi connectivity index (χ3n) is 6.27. The van der Waals surface area contributed by atoms with Crippen LogP contribution in [-0.2, 0) is 9.59 Å². The van der Waals surface area contributed by atoms with Crippen molar-refractivity contribution < 1.29 is 23.5 Å². The van der Waals surface area contributed by atoms with Crippen molar-refractivity contribution in [3.63, 3.8) is 0 Å². The molecule has 1 amide bonds. The van der Waals surface area contributed by atoms with Gasteiger partial charge in [-0.2, -0.15) is 13.9 Å². The van der Waals surface area contributed by atoms with Crippen LogP contribution >= 0.6 is 23.2 Å². The van der Waals surface area contributed by atoms with Crippen LogP contribution in [0.25, 0.3) is 22.2 Å². The summed E-state index contributed by atoms with van der Waals surface area (Å²) in [7, 11) is 0. The van der Waals surface area contributed by atoms with Gasteiger partial charge in [-0.25, -0.2) is 9.99 Å². The summed E-state index contributed by atoms with van der Waals surface area (Å²) < 4.78 is 29.4. The zero-order valence-corrected chi connectivity index (χ0v) is 21.4. The summed E-state index contributed by atoms with van der Waals surface area (Å²) in [6.45, 7) is 0. The Hall–Kier alpha value is -4.15. The van der Waals surface area contributed by atoms with E-state index in [1.807, 2.05) is 0 Å². The molecule has 3 heterocycles. The van der Waals surface area contributed by atoms with Crippen molar-refractivity contribution in [2.24, 2.45) is 5.10 Å². The fourth-order valence-corrected chi connectivity index (χ4v) is 4.79. The van der Waals surface area contributed by atoms with Gasteiger partial charge in [0.1, 0.15) is 12.1 Å². The molecule has 0 spiro atoms. The zero-order chi connectivity index (χ0) is 27.9. The van der Waals surface area contributed by atoms with Crippen molar-refractivity contribution >= 4 is 51.8 Å². The second-order valence-electron chi connectivity index (χ2n) is 8.85. The number of carbonyl (C=O) groups excluding carboxylic acids is 1. The van der Waals surface area contributed by atoms with Gasteiger partial charge in [0.2, 0.25) is 0 Å². The largest absolute Gasteiger partial charge is 0.481 e. The average molecular weight is 571 g/mol. The summed E-state index contributed by atoms with van der Waals surface area (Å²) in [6.07, 6.45) is -0.303. The van der Waals surface area contributed by atoms with Crippen molar-refractivity contribution in [2.45, 2.75) is 24.8 Å². The molecule has 39 heavy (non-hydrogen) atoms. The number of hydrogen-bond donors (Lipinski definition) is 2. The van der Waals surface area contributed by atoms with Crippen molar-refractivity contribution in [3.8, 4) is 11.1 Å². The molecule has 1 aliphatic rings. The standard InChI is InChI=1S/C27H18Cl2F2N4O4/c28-16-7-3-14(4-8-16)20-12-19(34-35(20)26(39)27(30,31)13-21(36)37)23-22(15-5-9-17(29)10-6-15)18-2-1-11-32-24(18)33-25(23)38/h1-11,20H,12-13H2,(H,36,37)(H,32,33,38). The minimum absolute atomic E-state index is 0.0615. The van der Waals surface area contributed by atoms with Gasteiger partial charge in [0.15, 0.2) is 0 Å². The lowest BCUT2D eigenvalue weighted by atomic mass is 9.91. The zero-order valence-electron chi connectivity index (χ0n) is 19.9. The molecule has 0 saturated heterocycles. The van der Waals surface area contributed by atoms with E-state index in [4.69, 9.17) is 28.3 Å². The number of carboxylic acids is 1. The molecule has 0 bridgehead atoms. The van der Waals surface area contributed by atoms with Gasteiger partial charge in [-0.15, -0.1) is 0 Å². The van der Waals surface area contributed by atoms with Gasteiger partial charge in [-0.1, -0.05) is 47.5 Å². The lowest BCUT2D eigenvalue weighted by Gasteiger charge is -2.25. The van der Waals surface area contributed by atoms with Gasteiger partial charge < -0.3 is 10.1 Å². The number of H-pyrrole nitrogens is 1. The van der Waals surface area contributed by atoms with Gasteiger partial charge in [-0.3, -0.25) is 14.4 Å². The molecule has 1 unspecified atom stereocenters. The number of carbonyl (C=O) groups is 2. The topological polar surface area (TPSA) is 116 Å². The van der Waals surface area contributed by atoms with Crippen molar-refractivity contribution in [1.82, 2.24) is 15.0 Å². The molecule has 198 valence electrons. The van der Waals surface area contributed by atoms with Crippen LogP contribution in [0, 0.1) is 0 Å². The van der Waals surface area contributed by atoms with E-state index in [2.05, 4.69) is 15.1 Å². The van der Waals surface area contributed by atoms with Gasteiger partial charge in [0.05, 0.1) is 17.3 Å². The number of benzene rings is 2. The Bertz CT molecular complexity index is 1690.